The van der Waals surface area contributed by atoms with E-state index in [9.17, 15) is 0 Å². The Hall–Kier alpha value is -0.800. The molecule has 3 heteroatoms. The second kappa shape index (κ2) is 4.46. The zero-order chi connectivity index (χ0) is 16.1. The molecule has 17 heavy (non-hydrogen) atoms. The number of likely N-dealkylation sites (tertiary alicyclic amines) is 1. The van der Waals surface area contributed by atoms with E-state index in [0.29, 0.717) is 24.9 Å². The number of rotatable bonds is 2. The summed E-state index contributed by atoms with van der Waals surface area (Å²) in [4.78, 5) is 4.40. The smallest absolute Gasteiger partial charge is 0.0457 e. The molecule has 0 unspecified atom stereocenters. The van der Waals surface area contributed by atoms with Gasteiger partial charge in [0.25, 0.3) is 0 Å². The van der Waals surface area contributed by atoms with Gasteiger partial charge in [-0.3, -0.25) is 0 Å². The number of nitrogens with one attached hydrogen (secondary N) is 1. The highest BCUT2D eigenvalue weighted by Crippen LogP contribution is 2.26. The van der Waals surface area contributed by atoms with Crippen LogP contribution in [0.4, 0.5) is 0 Å². The summed E-state index contributed by atoms with van der Waals surface area (Å²) in [5, 5.41) is 0.789. The second-order valence-electron chi connectivity index (χ2n) is 4.39. The maximum absolute atomic E-state index is 8.58. The first kappa shape index (κ1) is 6.95. The van der Waals surface area contributed by atoms with Crippen molar-refractivity contribution in [3.05, 3.63) is 34.4 Å². The third kappa shape index (κ3) is 2.14. The fraction of sp³-hybridized carbons (Fsp3) is 0.429. The monoisotopic (exact) mass is 297 g/mol. The van der Waals surface area contributed by atoms with E-state index in [2.05, 4.69) is 20.9 Å². The molecule has 0 saturated carbocycles. The first-order valence-corrected chi connectivity index (χ1v) is 6.54. The van der Waals surface area contributed by atoms with Gasteiger partial charge in [-0.25, -0.2) is 0 Å². The molecule has 2 aromatic rings. The maximum Gasteiger partial charge on any atom is 0.0457 e. The minimum Gasteiger partial charge on any atom is -0.361 e. The lowest BCUT2D eigenvalue weighted by atomic mass is 10.0. The molecule has 0 aliphatic carbocycles. The molecule has 90 valence electrons. The molecule has 0 bridgehead atoms. The number of fused-ring (bicyclic) bond motifs is 1. The number of nitrogens with zero attached hydrogens (tertiary/aromatic N) is 1. The van der Waals surface area contributed by atoms with E-state index in [0.717, 1.165) is 15.4 Å². The second-order valence-corrected chi connectivity index (χ2v) is 5.30. The van der Waals surface area contributed by atoms with Crippen molar-refractivity contribution in [3.63, 3.8) is 0 Å². The molecular formula is C14H17BrN2. The first-order chi connectivity index (χ1) is 10.2. The highest BCUT2D eigenvalue weighted by Gasteiger charge is 2.21. The van der Waals surface area contributed by atoms with Gasteiger partial charge in [-0.1, -0.05) is 15.9 Å². The molecule has 1 aromatic carbocycles. The number of H-pyrrole nitrogens is 1. The van der Waals surface area contributed by atoms with E-state index in [4.69, 9.17) is 6.85 Å². The molecule has 0 amide bonds. The lowest BCUT2D eigenvalue weighted by molar-refractivity contribution is 0.310. The molecular weight excluding hydrogens is 276 g/mol. The van der Waals surface area contributed by atoms with Crippen molar-refractivity contribution in [1.29, 1.82) is 0 Å². The third-order valence-corrected chi connectivity index (χ3v) is 3.71. The molecule has 1 aromatic heterocycles. The van der Waals surface area contributed by atoms with Crippen molar-refractivity contribution in [2.45, 2.75) is 25.3 Å². The van der Waals surface area contributed by atoms with Crippen LogP contribution in [0.3, 0.4) is 0 Å². The summed E-state index contributed by atoms with van der Waals surface area (Å²) in [5.74, 6) is 0. The van der Waals surface area contributed by atoms with Gasteiger partial charge in [0.15, 0.2) is 0 Å². The van der Waals surface area contributed by atoms with Crippen LogP contribution in [0.15, 0.2) is 28.9 Å². The average Bonchev–Trinajstić information content (AvgIpc) is 3.04. The summed E-state index contributed by atoms with van der Waals surface area (Å²) in [7, 11) is 0. The van der Waals surface area contributed by atoms with Crippen molar-refractivity contribution in [1.82, 2.24) is 9.88 Å². The van der Waals surface area contributed by atoms with Crippen molar-refractivity contribution in [2.75, 3.05) is 13.5 Å². The minimum atomic E-state index is -2.26. The fourth-order valence-electron chi connectivity index (χ4n) is 2.31. The Morgan fingerprint density at radius 2 is 2.59 bits per heavy atom. The number of hydrogen-bond acceptors (Lipinski definition) is 1. The van der Waals surface area contributed by atoms with E-state index in [-0.39, 0.29) is 0 Å². The molecule has 3 rings (SSSR count). The Kier molecular flexibility index (Phi) is 1.83. The van der Waals surface area contributed by atoms with Gasteiger partial charge in [-0.2, -0.15) is 0 Å². The van der Waals surface area contributed by atoms with Crippen LogP contribution in [0.1, 0.15) is 25.3 Å². The third-order valence-electron chi connectivity index (χ3n) is 3.22. The summed E-state index contributed by atoms with van der Waals surface area (Å²) < 4.78 is 41.0. The lowest BCUT2D eigenvalue weighted by Gasteiger charge is -2.18. The number of hydrogen-bond donors (Lipinski definition) is 1. The fourth-order valence-corrected chi connectivity index (χ4v) is 2.67. The Labute approximate surface area is 117 Å². The predicted octanol–water partition coefficient (Wildman–Crippen LogP) is 3.57. The van der Waals surface area contributed by atoms with Crippen LogP contribution in [0, 0.1) is 0 Å². The van der Waals surface area contributed by atoms with Crippen molar-refractivity contribution in [3.8, 4) is 0 Å². The Balaban J connectivity index is 2.06. The van der Waals surface area contributed by atoms with Crippen LogP contribution in [-0.4, -0.2) is 29.4 Å². The van der Waals surface area contributed by atoms with E-state index in [1.54, 1.807) is 6.20 Å². The summed E-state index contributed by atoms with van der Waals surface area (Å²) >= 11 is 3.41. The van der Waals surface area contributed by atoms with Crippen LogP contribution in [0.25, 0.3) is 10.9 Å². The van der Waals surface area contributed by atoms with Crippen LogP contribution in [-0.2, 0) is 6.37 Å². The molecule has 1 aliphatic rings. The molecule has 0 radical (unpaired) electrons. The summed E-state index contributed by atoms with van der Waals surface area (Å²) in [6.45, 7) is -1.85. The molecule has 1 atom stereocenters. The van der Waals surface area contributed by atoms with Crippen LogP contribution in [0.5, 0.6) is 0 Å². The predicted molar refractivity (Wildman–Crippen MR) is 75.4 cm³/mol. The van der Waals surface area contributed by atoms with Crippen molar-refractivity contribution < 1.29 is 6.85 Å². The summed E-state index contributed by atoms with van der Waals surface area (Å²) in [5.41, 5.74) is 1.37. The SMILES string of the molecule is [2H]C([2H])(c1c[nH]c2ccc(Br)cc12)[C@H]1CCCN1C([2H])([2H])[2H]. The normalized spacial score (nSPS) is 27.4. The van der Waals surface area contributed by atoms with Gasteiger partial charge in [0.2, 0.25) is 0 Å². The zero-order valence-corrected chi connectivity index (χ0v) is 10.9. The molecule has 2 nitrogen and oxygen atoms in total. The van der Waals surface area contributed by atoms with Crippen molar-refractivity contribution >= 4 is 26.8 Å². The van der Waals surface area contributed by atoms with E-state index < -0.39 is 19.4 Å². The molecule has 1 aliphatic heterocycles. The van der Waals surface area contributed by atoms with Gasteiger partial charge in [0, 0.05) is 34.5 Å². The Bertz CT molecular complexity index is 694. The highest BCUT2D eigenvalue weighted by atomic mass is 79.9. The topological polar surface area (TPSA) is 19.0 Å². The average molecular weight is 298 g/mol. The van der Waals surface area contributed by atoms with Crippen LogP contribution in [0.2, 0.25) is 0 Å². The molecule has 1 fully saturated rings. The number of aromatic amines is 1. The number of benzene rings is 1. The van der Waals surface area contributed by atoms with Gasteiger partial charge in [0.1, 0.15) is 0 Å². The van der Waals surface area contributed by atoms with Crippen LogP contribution < -0.4 is 0 Å². The summed E-state index contributed by atoms with van der Waals surface area (Å²) in [6.07, 6.45) is 1.18. The van der Waals surface area contributed by atoms with Gasteiger partial charge in [-0.15, -0.1) is 0 Å². The van der Waals surface area contributed by atoms with E-state index in [1.807, 2.05) is 18.2 Å². The lowest BCUT2D eigenvalue weighted by Crippen LogP contribution is -2.26. The van der Waals surface area contributed by atoms with E-state index in [1.165, 1.54) is 4.90 Å². The molecule has 2 heterocycles. The number of aromatic nitrogens is 1. The Morgan fingerprint density at radius 3 is 3.47 bits per heavy atom. The standard InChI is InChI=1S/C14H17BrN2/c1-17-6-2-3-12(17)7-10-9-16-14-5-4-11(15)8-13(10)14/h4-5,8-9,12,16H,2-3,6-7H2,1H3/t12-/m1/s1/i1D3,7D2. The van der Waals surface area contributed by atoms with E-state index >= 15 is 0 Å². The van der Waals surface area contributed by atoms with Gasteiger partial charge in [0.05, 0.1) is 0 Å². The first-order valence-electron chi connectivity index (χ1n) is 8.25. The quantitative estimate of drug-likeness (QED) is 0.898. The largest absolute Gasteiger partial charge is 0.361 e. The van der Waals surface area contributed by atoms with Crippen molar-refractivity contribution in [2.24, 2.45) is 0 Å². The Morgan fingerprint density at radius 1 is 1.65 bits per heavy atom. The number of likely N-dealkylation sites (N-methyl/N-ethyl adjacent to an activating group) is 1. The molecule has 1 N–H and O–H groups in total. The maximum atomic E-state index is 8.58. The molecule has 0 spiro atoms. The van der Waals surface area contributed by atoms with Crippen LogP contribution >= 0.6 is 15.9 Å². The number of halogens is 1. The highest BCUT2D eigenvalue weighted by molar-refractivity contribution is 9.10. The van der Waals surface area contributed by atoms with Gasteiger partial charge < -0.3 is 9.88 Å². The minimum absolute atomic E-state index is 0.409. The summed E-state index contributed by atoms with van der Waals surface area (Å²) in [6, 6.07) is 5.00. The molecule has 1 saturated heterocycles. The van der Waals surface area contributed by atoms with Gasteiger partial charge in [-0.05, 0) is 56.5 Å². The van der Waals surface area contributed by atoms with Gasteiger partial charge >= 0.3 is 0 Å². The zero-order valence-electron chi connectivity index (χ0n) is 14.3.